The van der Waals surface area contributed by atoms with Crippen LogP contribution in [0.2, 0.25) is 0 Å². The molecule has 0 saturated heterocycles. The van der Waals surface area contributed by atoms with E-state index in [4.69, 9.17) is 4.98 Å². The predicted molar refractivity (Wildman–Crippen MR) is 79.4 cm³/mol. The number of pyridine rings is 1. The number of aromatic nitrogens is 1. The van der Waals surface area contributed by atoms with E-state index in [2.05, 4.69) is 55.5 Å². The van der Waals surface area contributed by atoms with Gasteiger partial charge in [0.2, 0.25) is 0 Å². The van der Waals surface area contributed by atoms with Crippen LogP contribution in [0.3, 0.4) is 0 Å². The van der Waals surface area contributed by atoms with Gasteiger partial charge in [0.05, 0.1) is 5.52 Å². The van der Waals surface area contributed by atoms with E-state index in [1.807, 2.05) is 0 Å². The van der Waals surface area contributed by atoms with E-state index in [1.165, 1.54) is 33.3 Å². The Balaban J connectivity index is 2.17. The molecule has 0 N–H and O–H groups in total. The summed E-state index contributed by atoms with van der Waals surface area (Å²) in [5, 5.41) is 1.29. The van der Waals surface area contributed by atoms with Crippen molar-refractivity contribution >= 4 is 10.9 Å². The zero-order valence-electron chi connectivity index (χ0n) is 11.0. The first-order valence-corrected chi connectivity index (χ1v) is 6.87. The van der Waals surface area contributed by atoms with Crippen LogP contribution >= 0.6 is 0 Å². The molecule has 1 aliphatic rings. The molecule has 1 aliphatic carbocycles. The fraction of sp³-hybridized carbons (Fsp3) is 0.167. The number of aryl methyl sites for hydroxylation is 1. The summed E-state index contributed by atoms with van der Waals surface area (Å²) in [7, 11) is 0. The minimum atomic E-state index is 1.00. The molecule has 0 atom stereocenters. The second kappa shape index (κ2) is 3.92. The summed E-state index contributed by atoms with van der Waals surface area (Å²) in [6, 6.07) is 17.2. The molecule has 2 aromatic carbocycles. The van der Waals surface area contributed by atoms with Gasteiger partial charge in [-0.2, -0.15) is 0 Å². The van der Waals surface area contributed by atoms with Crippen LogP contribution in [0.25, 0.3) is 22.0 Å². The largest absolute Gasteiger partial charge is 0.253 e. The fourth-order valence-corrected chi connectivity index (χ4v) is 3.20. The summed E-state index contributed by atoms with van der Waals surface area (Å²) in [4.78, 5) is 4.85. The summed E-state index contributed by atoms with van der Waals surface area (Å²) in [5.41, 5.74) is 8.05. The molecule has 0 fully saturated rings. The highest BCUT2D eigenvalue weighted by Gasteiger charge is 2.23. The van der Waals surface area contributed by atoms with Gasteiger partial charge in [-0.25, -0.2) is 0 Å². The van der Waals surface area contributed by atoms with Crippen molar-refractivity contribution in [1.82, 2.24) is 4.98 Å². The molecule has 0 spiro atoms. The number of hydrogen-bond donors (Lipinski definition) is 0. The Morgan fingerprint density at radius 1 is 1.00 bits per heavy atom. The minimum absolute atomic E-state index is 1.00. The molecular formula is C18H15N. The van der Waals surface area contributed by atoms with Crippen LogP contribution in [0.15, 0.2) is 48.5 Å². The molecule has 0 amide bonds. The summed E-state index contributed by atoms with van der Waals surface area (Å²) in [6.45, 7) is 2.19. The number of hydrogen-bond acceptors (Lipinski definition) is 1. The Labute approximate surface area is 112 Å². The maximum Gasteiger partial charge on any atom is 0.0711 e. The molecule has 1 heteroatoms. The lowest BCUT2D eigenvalue weighted by molar-refractivity contribution is 1.01. The SMILES string of the molecule is CCc1nc2ccccc2c2c1Cc1ccccc1-2. The van der Waals surface area contributed by atoms with Crippen LogP contribution in [0, 0.1) is 0 Å². The van der Waals surface area contributed by atoms with Crippen LogP contribution in [0.4, 0.5) is 0 Å². The summed E-state index contributed by atoms with van der Waals surface area (Å²) < 4.78 is 0. The molecule has 1 heterocycles. The maximum absolute atomic E-state index is 4.85. The van der Waals surface area contributed by atoms with Gasteiger partial charge in [0.1, 0.15) is 0 Å². The number of benzene rings is 2. The van der Waals surface area contributed by atoms with Crippen molar-refractivity contribution in [3.63, 3.8) is 0 Å². The van der Waals surface area contributed by atoms with Crippen molar-refractivity contribution in [3.05, 3.63) is 65.4 Å². The Kier molecular flexibility index (Phi) is 2.22. The van der Waals surface area contributed by atoms with Crippen molar-refractivity contribution < 1.29 is 0 Å². The van der Waals surface area contributed by atoms with Gasteiger partial charge in [-0.1, -0.05) is 49.4 Å². The molecule has 0 radical (unpaired) electrons. The predicted octanol–water partition coefficient (Wildman–Crippen LogP) is 4.37. The molecule has 3 aromatic rings. The first kappa shape index (κ1) is 10.7. The summed E-state index contributed by atoms with van der Waals surface area (Å²) in [6.07, 6.45) is 2.04. The topological polar surface area (TPSA) is 12.9 Å². The minimum Gasteiger partial charge on any atom is -0.253 e. The first-order valence-electron chi connectivity index (χ1n) is 6.87. The zero-order chi connectivity index (χ0) is 12.8. The van der Waals surface area contributed by atoms with E-state index >= 15 is 0 Å². The van der Waals surface area contributed by atoms with Gasteiger partial charge < -0.3 is 0 Å². The quantitative estimate of drug-likeness (QED) is 0.485. The molecule has 1 aromatic heterocycles. The van der Waals surface area contributed by atoms with Crippen LogP contribution in [-0.4, -0.2) is 4.98 Å². The monoisotopic (exact) mass is 245 g/mol. The molecule has 1 nitrogen and oxygen atoms in total. The Bertz CT molecular complexity index is 787. The maximum atomic E-state index is 4.85. The average molecular weight is 245 g/mol. The van der Waals surface area contributed by atoms with Crippen molar-refractivity contribution in [2.24, 2.45) is 0 Å². The zero-order valence-corrected chi connectivity index (χ0v) is 11.0. The van der Waals surface area contributed by atoms with Gasteiger partial charge in [0.15, 0.2) is 0 Å². The Morgan fingerprint density at radius 2 is 1.79 bits per heavy atom. The van der Waals surface area contributed by atoms with Crippen molar-refractivity contribution in [1.29, 1.82) is 0 Å². The van der Waals surface area contributed by atoms with Crippen molar-refractivity contribution in [2.75, 3.05) is 0 Å². The fourth-order valence-electron chi connectivity index (χ4n) is 3.20. The van der Waals surface area contributed by atoms with Gasteiger partial charge in [-0.05, 0) is 34.7 Å². The second-order valence-electron chi connectivity index (χ2n) is 5.12. The van der Waals surface area contributed by atoms with E-state index in [-0.39, 0.29) is 0 Å². The number of rotatable bonds is 1. The van der Waals surface area contributed by atoms with Crippen molar-refractivity contribution in [3.8, 4) is 11.1 Å². The molecule has 0 aliphatic heterocycles. The van der Waals surface area contributed by atoms with E-state index in [9.17, 15) is 0 Å². The smallest absolute Gasteiger partial charge is 0.0711 e. The second-order valence-corrected chi connectivity index (χ2v) is 5.12. The van der Waals surface area contributed by atoms with Crippen LogP contribution in [0.1, 0.15) is 23.7 Å². The highest BCUT2D eigenvalue weighted by molar-refractivity contribution is 5.99. The molecule has 0 unspecified atom stereocenters. The third-order valence-electron chi connectivity index (χ3n) is 4.07. The van der Waals surface area contributed by atoms with Gasteiger partial charge in [-0.3, -0.25) is 4.98 Å². The molecule has 92 valence electrons. The lowest BCUT2D eigenvalue weighted by atomic mass is 9.99. The molecular weight excluding hydrogens is 230 g/mol. The summed E-state index contributed by atoms with van der Waals surface area (Å²) >= 11 is 0. The average Bonchev–Trinajstić information content (AvgIpc) is 2.86. The van der Waals surface area contributed by atoms with E-state index in [0.29, 0.717) is 0 Å². The summed E-state index contributed by atoms with van der Waals surface area (Å²) in [5.74, 6) is 0. The third kappa shape index (κ3) is 1.45. The highest BCUT2D eigenvalue weighted by atomic mass is 14.7. The number of para-hydroxylation sites is 1. The number of nitrogens with zero attached hydrogens (tertiary/aromatic N) is 1. The molecule has 0 saturated carbocycles. The highest BCUT2D eigenvalue weighted by Crippen LogP contribution is 2.41. The van der Waals surface area contributed by atoms with Gasteiger partial charge in [0.25, 0.3) is 0 Å². The molecule has 19 heavy (non-hydrogen) atoms. The number of fused-ring (bicyclic) bond motifs is 5. The van der Waals surface area contributed by atoms with Crippen LogP contribution in [0.5, 0.6) is 0 Å². The normalized spacial score (nSPS) is 12.5. The molecule has 4 rings (SSSR count). The van der Waals surface area contributed by atoms with Gasteiger partial charge in [0, 0.05) is 17.5 Å². The standard InChI is InChI=1S/C18H15N/c1-2-16-15-11-12-7-3-4-8-13(12)18(15)14-9-5-6-10-17(14)19-16/h3-10H,2,11H2,1H3. The van der Waals surface area contributed by atoms with E-state index in [0.717, 1.165) is 18.4 Å². The third-order valence-corrected chi connectivity index (χ3v) is 4.07. The van der Waals surface area contributed by atoms with Crippen LogP contribution in [-0.2, 0) is 12.8 Å². The van der Waals surface area contributed by atoms with E-state index < -0.39 is 0 Å². The van der Waals surface area contributed by atoms with Crippen molar-refractivity contribution in [2.45, 2.75) is 19.8 Å². The lowest BCUT2D eigenvalue weighted by Gasteiger charge is -2.10. The van der Waals surface area contributed by atoms with E-state index in [1.54, 1.807) is 0 Å². The Morgan fingerprint density at radius 3 is 2.68 bits per heavy atom. The lowest BCUT2D eigenvalue weighted by Crippen LogP contribution is -1.96. The first-order chi connectivity index (χ1) is 9.38. The van der Waals surface area contributed by atoms with Gasteiger partial charge >= 0.3 is 0 Å². The molecule has 0 bridgehead atoms. The Hall–Kier alpha value is -2.15. The van der Waals surface area contributed by atoms with Gasteiger partial charge in [-0.15, -0.1) is 0 Å². The van der Waals surface area contributed by atoms with Crippen LogP contribution < -0.4 is 0 Å².